The van der Waals surface area contributed by atoms with Gasteiger partial charge in [-0.3, -0.25) is 4.79 Å². The van der Waals surface area contributed by atoms with E-state index in [9.17, 15) is 25.2 Å². The normalized spacial score (nSPS) is 53.2. The maximum Gasteiger partial charge on any atom is 0.153 e. The van der Waals surface area contributed by atoms with Gasteiger partial charge in [0.05, 0.1) is 12.0 Å². The second-order valence-corrected chi connectivity index (χ2v) is 9.27. The summed E-state index contributed by atoms with van der Waals surface area (Å²) in [7, 11) is 0. The minimum Gasteiger partial charge on any atom is -0.392 e. The van der Waals surface area contributed by atoms with Crippen LogP contribution >= 0.6 is 0 Å². The summed E-state index contributed by atoms with van der Waals surface area (Å²) in [5.74, 6) is -0.288. The molecular formula is C20H28O5. The SMILES string of the molecule is CC1=C[C@]23C(=O)[C@@H](C=C(CO)[C@@H](O)[C@]2(O)[C@H]1O)[C@@H]1[C@@H](C[C@H]3C)C1(C)C. The van der Waals surface area contributed by atoms with Crippen molar-refractivity contribution >= 4 is 5.78 Å². The molecule has 0 aliphatic heterocycles. The second kappa shape index (κ2) is 4.83. The minimum absolute atomic E-state index is 0.0245. The molecule has 0 amide bonds. The number of aliphatic hydroxyl groups excluding tert-OH is 3. The van der Waals surface area contributed by atoms with E-state index in [1.165, 1.54) is 0 Å². The highest BCUT2D eigenvalue weighted by Crippen LogP contribution is 2.71. The molecule has 0 heterocycles. The van der Waals surface area contributed by atoms with Crippen LogP contribution in [0.1, 0.15) is 34.1 Å². The van der Waals surface area contributed by atoms with Crippen LogP contribution in [0.2, 0.25) is 0 Å². The van der Waals surface area contributed by atoms with Gasteiger partial charge in [-0.2, -0.15) is 0 Å². The molecule has 0 aromatic heterocycles. The number of carbonyl (C=O) groups excluding carboxylic acids is 1. The summed E-state index contributed by atoms with van der Waals surface area (Å²) < 4.78 is 0. The molecule has 4 aliphatic carbocycles. The number of hydrogen-bond donors (Lipinski definition) is 4. The summed E-state index contributed by atoms with van der Waals surface area (Å²) in [6.45, 7) is 7.50. The molecule has 4 N–H and O–H groups in total. The van der Waals surface area contributed by atoms with Gasteiger partial charge in [0.2, 0.25) is 0 Å². The van der Waals surface area contributed by atoms with Crippen molar-refractivity contribution in [2.24, 2.45) is 34.5 Å². The summed E-state index contributed by atoms with van der Waals surface area (Å²) in [5.41, 5.74) is -2.58. The first-order chi connectivity index (χ1) is 11.5. The van der Waals surface area contributed by atoms with Crippen LogP contribution in [0, 0.1) is 34.5 Å². The Morgan fingerprint density at radius 1 is 1.24 bits per heavy atom. The lowest BCUT2D eigenvalue weighted by Gasteiger charge is -2.48. The number of hydrogen-bond acceptors (Lipinski definition) is 5. The minimum atomic E-state index is -2.03. The second-order valence-electron chi connectivity index (χ2n) is 9.27. The third kappa shape index (κ3) is 1.71. The number of aliphatic hydroxyl groups is 4. The molecule has 0 radical (unpaired) electrons. The highest BCUT2D eigenvalue weighted by atomic mass is 16.4. The third-order valence-corrected chi connectivity index (χ3v) is 7.93. The van der Waals surface area contributed by atoms with E-state index in [0.29, 0.717) is 11.5 Å². The van der Waals surface area contributed by atoms with E-state index in [0.717, 1.165) is 6.42 Å². The lowest BCUT2D eigenvalue weighted by atomic mass is 9.59. The molecule has 1 spiro atoms. The largest absolute Gasteiger partial charge is 0.392 e. The lowest BCUT2D eigenvalue weighted by molar-refractivity contribution is -0.190. The molecule has 2 bridgehead atoms. The Morgan fingerprint density at radius 3 is 2.48 bits per heavy atom. The molecule has 0 aromatic rings. The summed E-state index contributed by atoms with van der Waals surface area (Å²) in [6.07, 6.45) is 1.34. The molecule has 0 aromatic carbocycles. The highest BCUT2D eigenvalue weighted by molar-refractivity contribution is 5.95. The fourth-order valence-corrected chi connectivity index (χ4v) is 6.43. The average Bonchev–Trinajstić information content (AvgIpc) is 3.05. The molecule has 25 heavy (non-hydrogen) atoms. The monoisotopic (exact) mass is 348 g/mol. The van der Waals surface area contributed by atoms with Crippen molar-refractivity contribution in [1.29, 1.82) is 0 Å². The van der Waals surface area contributed by atoms with E-state index in [4.69, 9.17) is 0 Å². The topological polar surface area (TPSA) is 98.0 Å². The van der Waals surface area contributed by atoms with Gasteiger partial charge in [0.25, 0.3) is 0 Å². The van der Waals surface area contributed by atoms with Crippen molar-refractivity contribution in [3.63, 3.8) is 0 Å². The summed E-state index contributed by atoms with van der Waals surface area (Å²) >= 11 is 0. The Morgan fingerprint density at radius 2 is 1.88 bits per heavy atom. The smallest absolute Gasteiger partial charge is 0.153 e. The predicted octanol–water partition coefficient (Wildman–Crippen LogP) is 0.815. The van der Waals surface area contributed by atoms with Crippen molar-refractivity contribution in [2.45, 2.75) is 51.9 Å². The maximum atomic E-state index is 13.7. The Balaban J connectivity index is 1.99. The van der Waals surface area contributed by atoms with Crippen LogP contribution in [-0.4, -0.2) is 50.6 Å². The Bertz CT molecular complexity index is 707. The van der Waals surface area contributed by atoms with Gasteiger partial charge in [0.1, 0.15) is 17.8 Å². The molecule has 4 aliphatic rings. The fraction of sp³-hybridized carbons (Fsp3) is 0.750. The van der Waals surface area contributed by atoms with E-state index >= 15 is 0 Å². The number of allylic oxidation sites excluding steroid dienone is 1. The lowest BCUT2D eigenvalue weighted by Crippen LogP contribution is -2.65. The van der Waals surface area contributed by atoms with Gasteiger partial charge in [-0.15, -0.1) is 0 Å². The van der Waals surface area contributed by atoms with Crippen LogP contribution in [-0.2, 0) is 4.79 Å². The van der Waals surface area contributed by atoms with Gasteiger partial charge >= 0.3 is 0 Å². The van der Waals surface area contributed by atoms with Crippen molar-refractivity contribution in [3.05, 3.63) is 23.3 Å². The highest BCUT2D eigenvalue weighted by Gasteiger charge is 2.75. The molecule has 2 fully saturated rings. The van der Waals surface area contributed by atoms with Crippen molar-refractivity contribution in [3.8, 4) is 0 Å². The first-order valence-corrected chi connectivity index (χ1v) is 9.18. The molecule has 5 nitrogen and oxygen atoms in total. The van der Waals surface area contributed by atoms with Crippen LogP contribution in [0.4, 0.5) is 0 Å². The quantitative estimate of drug-likeness (QED) is 0.526. The maximum absolute atomic E-state index is 13.7. The first-order valence-electron chi connectivity index (χ1n) is 9.18. The van der Waals surface area contributed by atoms with Crippen molar-refractivity contribution < 1.29 is 25.2 Å². The van der Waals surface area contributed by atoms with Crippen LogP contribution in [0.5, 0.6) is 0 Å². The van der Waals surface area contributed by atoms with Gasteiger partial charge in [0, 0.05) is 5.92 Å². The molecule has 2 saturated carbocycles. The number of Topliss-reactive ketones (excluding diaryl/α,β-unsaturated/α-hetero) is 1. The van der Waals surface area contributed by atoms with Crippen LogP contribution in [0.3, 0.4) is 0 Å². The van der Waals surface area contributed by atoms with Crippen LogP contribution in [0.25, 0.3) is 0 Å². The van der Waals surface area contributed by atoms with Crippen LogP contribution in [0.15, 0.2) is 23.3 Å². The van der Waals surface area contributed by atoms with Crippen molar-refractivity contribution in [2.75, 3.05) is 6.61 Å². The summed E-state index contributed by atoms with van der Waals surface area (Å²) in [5, 5.41) is 43.0. The molecule has 8 atom stereocenters. The van der Waals surface area contributed by atoms with Gasteiger partial charge in [0.15, 0.2) is 5.78 Å². The van der Waals surface area contributed by atoms with E-state index in [-0.39, 0.29) is 28.6 Å². The van der Waals surface area contributed by atoms with Gasteiger partial charge in [-0.1, -0.05) is 32.9 Å². The van der Waals surface area contributed by atoms with E-state index in [1.54, 1.807) is 19.1 Å². The van der Waals surface area contributed by atoms with Crippen LogP contribution < -0.4 is 0 Å². The molecule has 5 heteroatoms. The molecule has 138 valence electrons. The zero-order chi connectivity index (χ0) is 18.5. The summed E-state index contributed by atoms with van der Waals surface area (Å²) in [6, 6.07) is 0. The van der Waals surface area contributed by atoms with E-state index < -0.39 is 35.7 Å². The number of carbonyl (C=O) groups is 1. The van der Waals surface area contributed by atoms with E-state index in [2.05, 4.69) is 13.8 Å². The Labute approximate surface area is 148 Å². The molecule has 4 rings (SSSR count). The molecule has 0 saturated heterocycles. The number of ketones is 1. The Kier molecular flexibility index (Phi) is 3.36. The zero-order valence-corrected chi connectivity index (χ0v) is 15.2. The number of rotatable bonds is 1. The molecular weight excluding hydrogens is 320 g/mol. The third-order valence-electron chi connectivity index (χ3n) is 7.93. The Hall–Kier alpha value is -1.01. The summed E-state index contributed by atoms with van der Waals surface area (Å²) in [4.78, 5) is 13.7. The van der Waals surface area contributed by atoms with Crippen molar-refractivity contribution in [1.82, 2.24) is 0 Å². The fourth-order valence-electron chi connectivity index (χ4n) is 6.43. The average molecular weight is 348 g/mol. The first kappa shape index (κ1) is 17.4. The van der Waals surface area contributed by atoms with Gasteiger partial charge in [-0.25, -0.2) is 0 Å². The number of fused-ring (bicyclic) bond motifs is 3. The standard InChI is InChI=1S/C20H28O5/c1-9-7-19-10(2)5-13-14(18(13,3)4)12(17(19)24)6-11(8-21)16(23)20(19,25)15(9)22/h6-7,10,12-16,21-23,25H,5,8H2,1-4H3/t10-,12+,13-,14-,15+,16-,19+,20-/m1/s1. The van der Waals surface area contributed by atoms with Gasteiger partial charge in [-0.05, 0) is 47.7 Å². The predicted molar refractivity (Wildman–Crippen MR) is 91.4 cm³/mol. The zero-order valence-electron chi connectivity index (χ0n) is 15.2. The van der Waals surface area contributed by atoms with E-state index in [1.807, 2.05) is 6.92 Å². The molecule has 0 unspecified atom stereocenters. The van der Waals surface area contributed by atoms with Gasteiger partial charge < -0.3 is 20.4 Å².